The minimum absolute atomic E-state index is 0.255. The SMILES string of the molecule is O=C(Nc1ccccc1)Nc1ccc(SC(C(=O)Nc2ccc(O)c(C(=O)O)c2)c2ccccc2)cc1. The van der Waals surface area contributed by atoms with E-state index >= 15 is 0 Å². The van der Waals surface area contributed by atoms with E-state index in [0.717, 1.165) is 10.5 Å². The third kappa shape index (κ3) is 6.89. The van der Waals surface area contributed by atoms with Crippen molar-refractivity contribution in [1.29, 1.82) is 0 Å². The summed E-state index contributed by atoms with van der Waals surface area (Å²) >= 11 is 1.31. The number of hydrogen-bond acceptors (Lipinski definition) is 5. The number of phenols is 1. The van der Waals surface area contributed by atoms with Crippen LogP contribution in [0.3, 0.4) is 0 Å². The molecule has 0 saturated carbocycles. The number of aromatic hydroxyl groups is 1. The van der Waals surface area contributed by atoms with Crippen LogP contribution in [0.5, 0.6) is 5.75 Å². The summed E-state index contributed by atoms with van der Waals surface area (Å²) in [5, 5.41) is 26.6. The molecule has 9 heteroatoms. The average molecular weight is 514 g/mol. The molecule has 0 bridgehead atoms. The predicted molar refractivity (Wildman–Crippen MR) is 144 cm³/mol. The van der Waals surface area contributed by atoms with Crippen LogP contribution >= 0.6 is 11.8 Å². The molecule has 8 nitrogen and oxygen atoms in total. The fourth-order valence-corrected chi connectivity index (χ4v) is 4.49. The molecule has 0 aliphatic heterocycles. The Kier molecular flexibility index (Phi) is 8.07. The molecule has 0 aliphatic rings. The van der Waals surface area contributed by atoms with E-state index in [2.05, 4.69) is 16.0 Å². The number of benzene rings is 4. The van der Waals surface area contributed by atoms with Gasteiger partial charge in [0.1, 0.15) is 16.6 Å². The van der Waals surface area contributed by atoms with Crippen LogP contribution in [0.25, 0.3) is 0 Å². The van der Waals surface area contributed by atoms with Gasteiger partial charge >= 0.3 is 12.0 Å². The molecule has 1 unspecified atom stereocenters. The van der Waals surface area contributed by atoms with Crippen molar-refractivity contribution in [3.63, 3.8) is 0 Å². The molecule has 0 spiro atoms. The molecule has 1 atom stereocenters. The molecule has 0 heterocycles. The largest absolute Gasteiger partial charge is 0.507 e. The molecule has 0 aliphatic carbocycles. The summed E-state index contributed by atoms with van der Waals surface area (Å²) in [6.07, 6.45) is 0. The van der Waals surface area contributed by atoms with Gasteiger partial charge in [-0.1, -0.05) is 48.5 Å². The Morgan fingerprint density at radius 2 is 1.24 bits per heavy atom. The second-order valence-corrected chi connectivity index (χ2v) is 9.08. The second-order valence-electron chi connectivity index (χ2n) is 7.90. The fraction of sp³-hybridized carbons (Fsp3) is 0.0357. The number of thioether (sulfide) groups is 1. The lowest BCUT2D eigenvalue weighted by molar-refractivity contribution is -0.115. The van der Waals surface area contributed by atoms with Crippen LogP contribution in [0.1, 0.15) is 21.2 Å². The summed E-state index contributed by atoms with van der Waals surface area (Å²) in [7, 11) is 0. The highest BCUT2D eigenvalue weighted by molar-refractivity contribution is 8.00. The van der Waals surface area contributed by atoms with Crippen LogP contribution in [-0.2, 0) is 4.79 Å². The molecule has 0 radical (unpaired) electrons. The molecule has 3 amide bonds. The summed E-state index contributed by atoms with van der Waals surface area (Å²) in [6, 6.07) is 28.9. The minimum Gasteiger partial charge on any atom is -0.507 e. The number of carboxylic acids is 1. The van der Waals surface area contributed by atoms with Crippen LogP contribution in [0, 0.1) is 0 Å². The lowest BCUT2D eigenvalue weighted by Gasteiger charge is -2.18. The number of carbonyl (C=O) groups excluding carboxylic acids is 2. The van der Waals surface area contributed by atoms with E-state index in [4.69, 9.17) is 0 Å². The topological polar surface area (TPSA) is 128 Å². The lowest BCUT2D eigenvalue weighted by atomic mass is 10.1. The van der Waals surface area contributed by atoms with Crippen molar-refractivity contribution < 1.29 is 24.6 Å². The Balaban J connectivity index is 1.47. The Morgan fingerprint density at radius 3 is 1.86 bits per heavy atom. The number of carboxylic acid groups (broad SMARTS) is 1. The van der Waals surface area contributed by atoms with Gasteiger partial charge in [-0.25, -0.2) is 9.59 Å². The maximum atomic E-state index is 13.3. The predicted octanol–water partition coefficient (Wildman–Crippen LogP) is 6.21. The van der Waals surface area contributed by atoms with Gasteiger partial charge < -0.3 is 26.2 Å². The Morgan fingerprint density at radius 1 is 0.676 bits per heavy atom. The standard InChI is InChI=1S/C28H23N3O5S/c32-24-16-13-21(17-23(24)27(34)35)29-26(33)25(18-7-3-1-4-8-18)37-22-14-11-20(12-15-22)31-28(36)30-19-9-5-2-6-10-19/h1-17,25,32H,(H,29,33)(H,34,35)(H2,30,31,36). The summed E-state index contributed by atoms with van der Waals surface area (Å²) in [6.45, 7) is 0. The van der Waals surface area contributed by atoms with Gasteiger partial charge in [0.2, 0.25) is 5.91 Å². The number of para-hydroxylation sites is 1. The van der Waals surface area contributed by atoms with Crippen molar-refractivity contribution in [1.82, 2.24) is 0 Å². The number of nitrogens with one attached hydrogen (secondary N) is 3. The number of aromatic carboxylic acids is 1. The molecule has 37 heavy (non-hydrogen) atoms. The van der Waals surface area contributed by atoms with Gasteiger partial charge in [0, 0.05) is 22.0 Å². The van der Waals surface area contributed by atoms with Gasteiger partial charge in [-0.15, -0.1) is 11.8 Å². The van der Waals surface area contributed by atoms with Crippen molar-refractivity contribution in [2.24, 2.45) is 0 Å². The van der Waals surface area contributed by atoms with E-state index in [1.54, 1.807) is 36.4 Å². The molecule has 0 fully saturated rings. The zero-order valence-electron chi connectivity index (χ0n) is 19.4. The highest BCUT2D eigenvalue weighted by Crippen LogP contribution is 2.37. The highest BCUT2D eigenvalue weighted by atomic mass is 32.2. The Labute approximate surface area is 217 Å². The summed E-state index contributed by atoms with van der Waals surface area (Å²) in [4.78, 5) is 37.6. The number of urea groups is 1. The third-order valence-corrected chi connectivity index (χ3v) is 6.50. The molecule has 5 N–H and O–H groups in total. The van der Waals surface area contributed by atoms with E-state index in [1.165, 1.54) is 30.0 Å². The quantitative estimate of drug-likeness (QED) is 0.141. The van der Waals surface area contributed by atoms with E-state index in [1.807, 2.05) is 48.5 Å². The lowest BCUT2D eigenvalue weighted by Crippen LogP contribution is -2.19. The smallest absolute Gasteiger partial charge is 0.339 e. The van der Waals surface area contributed by atoms with Gasteiger partial charge in [-0.3, -0.25) is 4.79 Å². The van der Waals surface area contributed by atoms with Crippen molar-refractivity contribution in [3.05, 3.63) is 114 Å². The fourth-order valence-electron chi connectivity index (χ4n) is 3.46. The second kappa shape index (κ2) is 11.8. The molecule has 4 rings (SSSR count). The average Bonchev–Trinajstić information content (AvgIpc) is 2.90. The molecule has 4 aromatic carbocycles. The van der Waals surface area contributed by atoms with Gasteiger partial charge in [0.25, 0.3) is 0 Å². The first kappa shape index (κ1) is 25.3. The third-order valence-electron chi connectivity index (χ3n) is 5.23. The zero-order chi connectivity index (χ0) is 26.2. The molecular weight excluding hydrogens is 490 g/mol. The molecule has 186 valence electrons. The van der Waals surface area contributed by atoms with Crippen molar-refractivity contribution in [3.8, 4) is 5.75 Å². The van der Waals surface area contributed by atoms with Crippen molar-refractivity contribution in [2.45, 2.75) is 10.1 Å². The van der Waals surface area contributed by atoms with E-state index in [9.17, 15) is 24.6 Å². The highest BCUT2D eigenvalue weighted by Gasteiger charge is 2.23. The van der Waals surface area contributed by atoms with Gasteiger partial charge in [0.15, 0.2) is 0 Å². The summed E-state index contributed by atoms with van der Waals surface area (Å²) < 4.78 is 0. The van der Waals surface area contributed by atoms with E-state index in [0.29, 0.717) is 11.4 Å². The van der Waals surface area contributed by atoms with Gasteiger partial charge in [-0.2, -0.15) is 0 Å². The summed E-state index contributed by atoms with van der Waals surface area (Å²) in [5.41, 5.74) is 1.97. The first-order valence-corrected chi connectivity index (χ1v) is 12.1. The zero-order valence-corrected chi connectivity index (χ0v) is 20.2. The normalized spacial score (nSPS) is 11.2. The number of anilines is 3. The number of carbonyl (C=O) groups is 3. The molecule has 0 saturated heterocycles. The maximum absolute atomic E-state index is 13.3. The van der Waals surface area contributed by atoms with Crippen molar-refractivity contribution >= 4 is 46.7 Å². The van der Waals surface area contributed by atoms with E-state index < -0.39 is 11.2 Å². The minimum atomic E-state index is -1.30. The first-order valence-electron chi connectivity index (χ1n) is 11.2. The molecular formula is C28H23N3O5S. The Bertz CT molecular complexity index is 1400. The monoisotopic (exact) mass is 513 g/mol. The molecule has 4 aromatic rings. The molecule has 0 aromatic heterocycles. The Hall–Kier alpha value is -4.76. The number of amides is 3. The van der Waals surface area contributed by atoms with Crippen molar-refractivity contribution in [2.75, 3.05) is 16.0 Å². The van der Waals surface area contributed by atoms with E-state index in [-0.39, 0.29) is 28.9 Å². The van der Waals surface area contributed by atoms with Crippen LogP contribution in [0.4, 0.5) is 21.9 Å². The maximum Gasteiger partial charge on any atom is 0.339 e. The van der Waals surface area contributed by atoms with Crippen LogP contribution in [-0.4, -0.2) is 28.1 Å². The van der Waals surface area contributed by atoms with Crippen LogP contribution < -0.4 is 16.0 Å². The summed E-state index contributed by atoms with van der Waals surface area (Å²) in [5.74, 6) is -2.04. The van der Waals surface area contributed by atoms with Crippen LogP contribution in [0.2, 0.25) is 0 Å². The van der Waals surface area contributed by atoms with Crippen LogP contribution in [0.15, 0.2) is 108 Å². The number of rotatable bonds is 8. The van der Waals surface area contributed by atoms with Gasteiger partial charge in [0.05, 0.1) is 0 Å². The first-order chi connectivity index (χ1) is 17.9. The number of hydrogen-bond donors (Lipinski definition) is 5. The van der Waals surface area contributed by atoms with Gasteiger partial charge in [-0.05, 0) is 60.2 Å².